The van der Waals surface area contributed by atoms with Gasteiger partial charge in [0.15, 0.2) is 0 Å². The fourth-order valence-electron chi connectivity index (χ4n) is 5.62. The van der Waals surface area contributed by atoms with E-state index < -0.39 is 12.1 Å². The third-order valence-corrected chi connectivity index (χ3v) is 9.03. The normalized spacial score (nSPS) is 14.4. The highest BCUT2D eigenvalue weighted by molar-refractivity contribution is 5.76. The Balaban J connectivity index is 3.85. The van der Waals surface area contributed by atoms with Crippen LogP contribution in [-0.2, 0) is 4.79 Å². The van der Waals surface area contributed by atoms with E-state index in [1.165, 1.54) is 44.9 Å². The van der Waals surface area contributed by atoms with E-state index in [1.54, 1.807) is 6.08 Å². The monoisotopic (exact) mass is 782 g/mol. The SMILES string of the molecule is CC/C=C\C/C=C\C/C=C\C/C=C\C/C=C\C/C=C\C/C=C\C/C=C\C/C=C\CCCC(=O)NC(CO)C(O)/C=C/CC/C=C/CC/C=C/CCCCCCCC. The topological polar surface area (TPSA) is 69.6 Å². The van der Waals surface area contributed by atoms with Gasteiger partial charge < -0.3 is 15.5 Å². The van der Waals surface area contributed by atoms with E-state index in [9.17, 15) is 15.0 Å². The Hall–Kier alpha value is -3.73. The van der Waals surface area contributed by atoms with Crippen molar-refractivity contribution in [3.05, 3.63) is 146 Å². The van der Waals surface area contributed by atoms with Gasteiger partial charge in [-0.1, -0.05) is 192 Å². The van der Waals surface area contributed by atoms with Crippen LogP contribution in [0.1, 0.15) is 162 Å². The average Bonchev–Trinajstić information content (AvgIpc) is 3.22. The quantitative estimate of drug-likeness (QED) is 0.0432. The van der Waals surface area contributed by atoms with Crippen LogP contribution in [0.3, 0.4) is 0 Å². The molecule has 4 heteroatoms. The van der Waals surface area contributed by atoms with Gasteiger partial charge in [0.2, 0.25) is 5.91 Å². The summed E-state index contributed by atoms with van der Waals surface area (Å²) in [6, 6.07) is -0.687. The Morgan fingerprint density at radius 1 is 0.439 bits per heavy atom. The number of hydrogen-bond acceptors (Lipinski definition) is 3. The molecule has 57 heavy (non-hydrogen) atoms. The number of rotatable bonds is 38. The summed E-state index contributed by atoms with van der Waals surface area (Å²) in [7, 11) is 0. The van der Waals surface area contributed by atoms with Crippen LogP contribution < -0.4 is 5.32 Å². The zero-order chi connectivity index (χ0) is 41.4. The van der Waals surface area contributed by atoms with Gasteiger partial charge in [0, 0.05) is 6.42 Å². The van der Waals surface area contributed by atoms with Gasteiger partial charge in [0.1, 0.15) is 0 Å². The zero-order valence-electron chi connectivity index (χ0n) is 36.3. The van der Waals surface area contributed by atoms with E-state index in [1.807, 2.05) is 6.08 Å². The molecule has 2 unspecified atom stereocenters. The molecule has 0 rings (SSSR count). The molecule has 0 aliphatic carbocycles. The second-order valence-corrected chi connectivity index (χ2v) is 14.4. The van der Waals surface area contributed by atoms with E-state index in [4.69, 9.17) is 0 Å². The van der Waals surface area contributed by atoms with Crippen molar-refractivity contribution in [2.24, 2.45) is 0 Å². The van der Waals surface area contributed by atoms with Gasteiger partial charge in [-0.3, -0.25) is 4.79 Å². The van der Waals surface area contributed by atoms with Crippen molar-refractivity contribution < 1.29 is 15.0 Å². The summed E-state index contributed by atoms with van der Waals surface area (Å²) in [5.74, 6) is -0.144. The molecule has 0 aromatic rings. The van der Waals surface area contributed by atoms with Gasteiger partial charge in [0.25, 0.3) is 0 Å². The van der Waals surface area contributed by atoms with E-state index in [2.05, 4.69) is 153 Å². The van der Waals surface area contributed by atoms with Crippen molar-refractivity contribution in [2.75, 3.05) is 6.61 Å². The summed E-state index contributed by atoms with van der Waals surface area (Å²) < 4.78 is 0. The molecule has 1 amide bonds. The molecule has 0 saturated carbocycles. The van der Waals surface area contributed by atoms with Gasteiger partial charge in [0.05, 0.1) is 18.8 Å². The van der Waals surface area contributed by atoms with E-state index >= 15 is 0 Å². The molecular formula is C53H83NO3. The van der Waals surface area contributed by atoms with Gasteiger partial charge in [-0.15, -0.1) is 0 Å². The van der Waals surface area contributed by atoms with Crippen LogP contribution >= 0.6 is 0 Å². The molecule has 0 bridgehead atoms. The molecule has 0 heterocycles. The van der Waals surface area contributed by atoms with E-state index in [-0.39, 0.29) is 12.5 Å². The molecule has 0 spiro atoms. The van der Waals surface area contributed by atoms with Gasteiger partial charge >= 0.3 is 0 Å². The minimum atomic E-state index is -0.905. The van der Waals surface area contributed by atoms with E-state index in [0.29, 0.717) is 6.42 Å². The highest BCUT2D eigenvalue weighted by Crippen LogP contribution is 2.08. The van der Waals surface area contributed by atoms with Crippen LogP contribution in [0.2, 0.25) is 0 Å². The summed E-state index contributed by atoms with van der Waals surface area (Å²) in [6.07, 6.45) is 75.3. The Kier molecular flexibility index (Phi) is 43.6. The molecule has 0 aliphatic heterocycles. The number of unbranched alkanes of at least 4 members (excludes halogenated alkanes) is 9. The van der Waals surface area contributed by atoms with Gasteiger partial charge in [-0.05, 0) is 109 Å². The molecule has 4 nitrogen and oxygen atoms in total. The Morgan fingerprint density at radius 3 is 1.23 bits per heavy atom. The number of hydrogen-bond donors (Lipinski definition) is 3. The fraction of sp³-hybridized carbons (Fsp3) is 0.528. The molecule has 3 N–H and O–H groups in total. The molecule has 0 radical (unpaired) electrons. The van der Waals surface area contributed by atoms with Crippen LogP contribution in [0.5, 0.6) is 0 Å². The first-order valence-electron chi connectivity index (χ1n) is 22.5. The predicted octanol–water partition coefficient (Wildman–Crippen LogP) is 14.5. The lowest BCUT2D eigenvalue weighted by atomic mass is 10.1. The lowest BCUT2D eigenvalue weighted by Crippen LogP contribution is -2.45. The summed E-state index contributed by atoms with van der Waals surface area (Å²) in [5.41, 5.74) is 0. The number of carbonyl (C=O) groups excluding carboxylic acids is 1. The first-order valence-corrected chi connectivity index (χ1v) is 22.5. The highest BCUT2D eigenvalue weighted by atomic mass is 16.3. The largest absolute Gasteiger partial charge is 0.394 e. The second-order valence-electron chi connectivity index (χ2n) is 14.4. The van der Waals surface area contributed by atoms with Gasteiger partial charge in [-0.25, -0.2) is 0 Å². The highest BCUT2D eigenvalue weighted by Gasteiger charge is 2.17. The van der Waals surface area contributed by atoms with Gasteiger partial charge in [-0.2, -0.15) is 0 Å². The minimum Gasteiger partial charge on any atom is -0.394 e. The summed E-state index contributed by atoms with van der Waals surface area (Å²) >= 11 is 0. The molecule has 0 fully saturated rings. The van der Waals surface area contributed by atoms with Crippen LogP contribution in [0.4, 0.5) is 0 Å². The lowest BCUT2D eigenvalue weighted by Gasteiger charge is -2.19. The predicted molar refractivity (Wildman–Crippen MR) is 252 cm³/mol. The Labute approximate surface area is 351 Å². The maximum atomic E-state index is 12.4. The number of aliphatic hydroxyl groups is 2. The standard InChI is InChI=1S/C53H83NO3/c1-3-5-7-9-11-13-15-17-19-21-22-23-24-25-26-27-28-29-30-31-32-33-35-37-39-41-43-45-47-49-53(57)54-51(50-55)52(56)48-46-44-42-40-38-36-34-20-18-16-14-12-10-8-6-4-2/h5,7,11,13,17-20,22-23,25-26,28-29,31-32,35,37-38,40-41,43,46,48,51-52,55-56H,3-4,6,8-10,12,14-16,21,24,27,30,33-34,36,39,42,44-45,47,49-50H2,1-2H3,(H,54,57)/b7-5-,13-11-,19-17-,20-18+,23-22-,26-25-,29-28-,32-31-,37-35-,40-38+,43-41-,48-46+. The number of carbonyl (C=O) groups is 1. The van der Waals surface area contributed by atoms with Crippen molar-refractivity contribution in [3.63, 3.8) is 0 Å². The molecular weight excluding hydrogens is 699 g/mol. The van der Waals surface area contributed by atoms with Crippen molar-refractivity contribution in [2.45, 2.75) is 174 Å². The summed E-state index contributed by atoms with van der Waals surface area (Å²) in [4.78, 5) is 12.4. The van der Waals surface area contributed by atoms with E-state index in [0.717, 1.165) is 96.3 Å². The number of nitrogens with one attached hydrogen (secondary N) is 1. The minimum absolute atomic E-state index is 0.144. The average molecular weight is 782 g/mol. The van der Waals surface area contributed by atoms with Crippen molar-refractivity contribution in [3.8, 4) is 0 Å². The maximum absolute atomic E-state index is 12.4. The zero-order valence-corrected chi connectivity index (χ0v) is 36.3. The first-order chi connectivity index (χ1) is 28.2. The fourth-order valence-corrected chi connectivity index (χ4v) is 5.62. The third kappa shape index (κ3) is 43.2. The Bertz CT molecular complexity index is 1250. The van der Waals surface area contributed by atoms with Crippen LogP contribution in [0, 0.1) is 0 Å². The molecule has 0 aliphatic rings. The summed E-state index contributed by atoms with van der Waals surface area (Å²) in [6.45, 7) is 4.12. The van der Waals surface area contributed by atoms with Crippen molar-refractivity contribution in [1.29, 1.82) is 0 Å². The second kappa shape index (κ2) is 46.7. The molecule has 0 aromatic heterocycles. The van der Waals surface area contributed by atoms with Crippen LogP contribution in [-0.4, -0.2) is 34.9 Å². The molecule has 0 aromatic carbocycles. The first kappa shape index (κ1) is 53.3. The van der Waals surface area contributed by atoms with Crippen LogP contribution in [0.15, 0.2) is 146 Å². The summed E-state index contributed by atoms with van der Waals surface area (Å²) in [5, 5.41) is 22.9. The molecule has 318 valence electrons. The smallest absolute Gasteiger partial charge is 0.220 e. The number of amides is 1. The Morgan fingerprint density at radius 2 is 0.789 bits per heavy atom. The number of aliphatic hydroxyl groups excluding tert-OH is 2. The lowest BCUT2D eigenvalue weighted by molar-refractivity contribution is -0.122. The van der Waals surface area contributed by atoms with Crippen molar-refractivity contribution in [1.82, 2.24) is 5.32 Å². The van der Waals surface area contributed by atoms with Crippen molar-refractivity contribution >= 4 is 5.91 Å². The third-order valence-electron chi connectivity index (χ3n) is 9.03. The maximum Gasteiger partial charge on any atom is 0.220 e. The van der Waals surface area contributed by atoms with Crippen LogP contribution in [0.25, 0.3) is 0 Å². The molecule has 2 atom stereocenters. The number of allylic oxidation sites excluding steroid dienone is 23. The molecule has 0 saturated heterocycles.